The first-order valence-corrected chi connectivity index (χ1v) is 9.01. The second-order valence-electron chi connectivity index (χ2n) is 5.61. The van der Waals surface area contributed by atoms with Crippen LogP contribution < -0.4 is 5.56 Å². The zero-order chi connectivity index (χ0) is 17.7. The van der Waals surface area contributed by atoms with Crippen LogP contribution in [0.25, 0.3) is 10.9 Å². The lowest BCUT2D eigenvalue weighted by molar-refractivity contribution is -0.127. The van der Waals surface area contributed by atoms with E-state index < -0.39 is 0 Å². The molecule has 0 atom stereocenters. The normalized spacial score (nSPS) is 10.8. The summed E-state index contributed by atoms with van der Waals surface area (Å²) in [5.74, 6) is 0.280. The molecule has 2 aromatic rings. The molecule has 0 aliphatic carbocycles. The lowest BCUT2D eigenvalue weighted by Gasteiger charge is -2.21. The van der Waals surface area contributed by atoms with Gasteiger partial charge in [0.2, 0.25) is 5.91 Å². The van der Waals surface area contributed by atoms with E-state index >= 15 is 0 Å². The van der Waals surface area contributed by atoms with Gasteiger partial charge < -0.3 is 4.90 Å². The third kappa shape index (κ3) is 4.06. The number of hydrogen-bond acceptors (Lipinski definition) is 4. The third-order valence-electron chi connectivity index (χ3n) is 3.66. The largest absolute Gasteiger partial charge is 0.338 e. The number of hydrogen-bond donors (Lipinski definition) is 0. The molecule has 1 amide bonds. The molecule has 5 nitrogen and oxygen atoms in total. The highest BCUT2D eigenvalue weighted by atomic mass is 32.2. The van der Waals surface area contributed by atoms with E-state index in [9.17, 15) is 9.59 Å². The highest BCUT2D eigenvalue weighted by Crippen LogP contribution is 2.18. The quantitative estimate of drug-likeness (QED) is 0.440. The number of benzene rings is 1. The molecule has 128 valence electrons. The van der Waals surface area contributed by atoms with Crippen molar-refractivity contribution < 1.29 is 4.79 Å². The summed E-state index contributed by atoms with van der Waals surface area (Å²) in [6, 6.07) is 7.29. The summed E-state index contributed by atoms with van der Waals surface area (Å²) in [7, 11) is 0. The molecular weight excluding hydrogens is 322 g/mol. The first-order valence-electron chi connectivity index (χ1n) is 8.02. The van der Waals surface area contributed by atoms with Crippen LogP contribution in [0.5, 0.6) is 0 Å². The monoisotopic (exact) mass is 345 g/mol. The zero-order valence-electron chi connectivity index (χ0n) is 14.4. The van der Waals surface area contributed by atoms with E-state index in [4.69, 9.17) is 0 Å². The van der Waals surface area contributed by atoms with Crippen LogP contribution >= 0.6 is 11.8 Å². The summed E-state index contributed by atoms with van der Waals surface area (Å²) < 4.78 is 1.62. The maximum atomic E-state index is 12.6. The van der Waals surface area contributed by atoms with Crippen molar-refractivity contribution in [1.29, 1.82) is 0 Å². The van der Waals surface area contributed by atoms with Gasteiger partial charge in [-0.05, 0) is 32.9 Å². The summed E-state index contributed by atoms with van der Waals surface area (Å²) in [6.45, 7) is 11.3. The van der Waals surface area contributed by atoms with Crippen molar-refractivity contribution in [2.24, 2.45) is 0 Å². The second-order valence-corrected chi connectivity index (χ2v) is 6.56. The Kier molecular flexibility index (Phi) is 6.20. The average molecular weight is 345 g/mol. The van der Waals surface area contributed by atoms with Gasteiger partial charge in [-0.1, -0.05) is 36.0 Å². The summed E-state index contributed by atoms with van der Waals surface area (Å²) in [4.78, 5) is 31.3. The lowest BCUT2D eigenvalue weighted by Crippen LogP contribution is -2.33. The minimum absolute atomic E-state index is 0.0237. The molecular formula is C18H23N3O2S. The van der Waals surface area contributed by atoms with Crippen molar-refractivity contribution in [3.63, 3.8) is 0 Å². The van der Waals surface area contributed by atoms with E-state index in [0.717, 1.165) is 5.57 Å². The van der Waals surface area contributed by atoms with Gasteiger partial charge in [-0.25, -0.2) is 4.98 Å². The average Bonchev–Trinajstić information content (AvgIpc) is 2.57. The maximum Gasteiger partial charge on any atom is 0.262 e. The van der Waals surface area contributed by atoms with Crippen molar-refractivity contribution in [2.75, 3.05) is 18.8 Å². The molecule has 1 aromatic carbocycles. The van der Waals surface area contributed by atoms with E-state index in [1.165, 1.54) is 11.8 Å². The van der Waals surface area contributed by atoms with Gasteiger partial charge in [-0.15, -0.1) is 0 Å². The van der Waals surface area contributed by atoms with Gasteiger partial charge in [0.1, 0.15) is 0 Å². The Balaban J connectivity index is 2.25. The van der Waals surface area contributed by atoms with Crippen molar-refractivity contribution in [3.8, 4) is 0 Å². The van der Waals surface area contributed by atoms with Crippen LogP contribution in [0, 0.1) is 0 Å². The molecule has 24 heavy (non-hydrogen) atoms. The highest BCUT2D eigenvalue weighted by molar-refractivity contribution is 7.99. The number of aromatic nitrogens is 2. The number of nitrogens with zero attached hydrogens (tertiary/aromatic N) is 3. The van der Waals surface area contributed by atoms with E-state index in [1.54, 1.807) is 15.5 Å². The Bertz CT molecular complexity index is 814. The predicted octanol–water partition coefficient (Wildman–Crippen LogP) is 2.93. The second kappa shape index (κ2) is 8.15. The number of fused-ring (bicyclic) bond motifs is 1. The van der Waals surface area contributed by atoms with Crippen LogP contribution in [0.15, 0.2) is 46.4 Å². The summed E-state index contributed by atoms with van der Waals surface area (Å²) >= 11 is 1.31. The van der Waals surface area contributed by atoms with Gasteiger partial charge in [0.15, 0.2) is 5.16 Å². The topological polar surface area (TPSA) is 55.2 Å². The van der Waals surface area contributed by atoms with Crippen LogP contribution in [0.1, 0.15) is 20.8 Å². The fraction of sp³-hybridized carbons (Fsp3) is 0.389. The maximum absolute atomic E-state index is 12.6. The summed E-state index contributed by atoms with van der Waals surface area (Å²) in [5.41, 5.74) is 1.55. The zero-order valence-corrected chi connectivity index (χ0v) is 15.2. The highest BCUT2D eigenvalue weighted by Gasteiger charge is 2.15. The molecule has 0 spiro atoms. The minimum atomic E-state index is -0.0627. The van der Waals surface area contributed by atoms with Crippen LogP contribution in [0.4, 0.5) is 0 Å². The van der Waals surface area contributed by atoms with Crippen molar-refractivity contribution >= 4 is 28.6 Å². The predicted molar refractivity (Wildman–Crippen MR) is 99.5 cm³/mol. The fourth-order valence-electron chi connectivity index (χ4n) is 2.46. The Morgan fingerprint density at radius 3 is 2.67 bits per heavy atom. The van der Waals surface area contributed by atoms with E-state index in [0.29, 0.717) is 35.7 Å². The SMILES string of the molecule is C=C(C)CN(CC)C(=O)CSc1nc2ccccc2c(=O)n1CC. The Hall–Kier alpha value is -2.08. The van der Waals surface area contributed by atoms with E-state index in [2.05, 4.69) is 11.6 Å². The van der Waals surface area contributed by atoms with Gasteiger partial charge in [0, 0.05) is 19.6 Å². The fourth-order valence-corrected chi connectivity index (χ4v) is 3.42. The molecule has 0 N–H and O–H groups in total. The van der Waals surface area contributed by atoms with E-state index in [-0.39, 0.29) is 17.2 Å². The van der Waals surface area contributed by atoms with Gasteiger partial charge in [0.05, 0.1) is 16.7 Å². The number of carbonyl (C=O) groups excluding carboxylic acids is 1. The molecule has 0 radical (unpaired) electrons. The van der Waals surface area contributed by atoms with Crippen molar-refractivity contribution in [1.82, 2.24) is 14.5 Å². The van der Waals surface area contributed by atoms with E-state index in [1.807, 2.05) is 39.0 Å². The first-order chi connectivity index (χ1) is 11.5. The van der Waals surface area contributed by atoms with Gasteiger partial charge in [0.25, 0.3) is 5.56 Å². The Labute approximate surface area is 146 Å². The van der Waals surface area contributed by atoms with Crippen LogP contribution in [-0.4, -0.2) is 39.2 Å². The number of amides is 1. The third-order valence-corrected chi connectivity index (χ3v) is 4.62. The number of thioether (sulfide) groups is 1. The molecule has 2 rings (SSSR count). The lowest BCUT2D eigenvalue weighted by atomic mass is 10.2. The number of rotatable bonds is 7. The first kappa shape index (κ1) is 18.3. The van der Waals surface area contributed by atoms with Crippen LogP contribution in [0.3, 0.4) is 0 Å². The molecule has 0 fully saturated rings. The standard InChI is InChI=1S/C18H23N3O2S/c1-5-20(11-13(3)4)16(22)12-24-18-19-15-10-8-7-9-14(15)17(23)21(18)6-2/h7-10H,3,5-6,11-12H2,1-2,4H3. The summed E-state index contributed by atoms with van der Waals surface area (Å²) in [6.07, 6.45) is 0. The number of carbonyl (C=O) groups is 1. The number of likely N-dealkylation sites (N-methyl/N-ethyl adjacent to an activating group) is 1. The molecule has 0 aliphatic rings. The summed E-state index contributed by atoms with van der Waals surface area (Å²) in [5, 5.41) is 1.19. The molecule has 6 heteroatoms. The smallest absolute Gasteiger partial charge is 0.262 e. The molecule has 0 aliphatic heterocycles. The Morgan fingerprint density at radius 2 is 2.04 bits per heavy atom. The molecule has 1 heterocycles. The van der Waals surface area contributed by atoms with Crippen LogP contribution in [0.2, 0.25) is 0 Å². The van der Waals surface area contributed by atoms with Crippen molar-refractivity contribution in [2.45, 2.75) is 32.5 Å². The molecule has 0 bridgehead atoms. The van der Waals surface area contributed by atoms with Gasteiger partial charge in [-0.3, -0.25) is 14.2 Å². The molecule has 0 saturated heterocycles. The molecule has 0 saturated carbocycles. The van der Waals surface area contributed by atoms with Gasteiger partial charge in [-0.2, -0.15) is 0 Å². The van der Waals surface area contributed by atoms with Crippen LogP contribution in [-0.2, 0) is 11.3 Å². The molecule has 1 aromatic heterocycles. The number of para-hydroxylation sites is 1. The van der Waals surface area contributed by atoms with Crippen molar-refractivity contribution in [3.05, 3.63) is 46.8 Å². The Morgan fingerprint density at radius 1 is 1.33 bits per heavy atom. The minimum Gasteiger partial charge on any atom is -0.338 e. The molecule has 0 unspecified atom stereocenters. The van der Waals surface area contributed by atoms with Gasteiger partial charge >= 0.3 is 0 Å².